The minimum atomic E-state index is 0.737. The van der Waals surface area contributed by atoms with Gasteiger partial charge in [0.1, 0.15) is 0 Å². The first-order valence-electron chi connectivity index (χ1n) is 6.97. The van der Waals surface area contributed by atoms with Crippen molar-refractivity contribution < 1.29 is 0 Å². The molecule has 0 saturated heterocycles. The van der Waals surface area contributed by atoms with Crippen molar-refractivity contribution in [3.8, 4) is 0 Å². The summed E-state index contributed by atoms with van der Waals surface area (Å²) < 4.78 is 0. The summed E-state index contributed by atoms with van der Waals surface area (Å²) in [5.74, 6) is 1.29. The Balaban J connectivity index is 2.00. The minimum Gasteiger partial charge on any atom is -0.357 e. The van der Waals surface area contributed by atoms with E-state index in [0.29, 0.717) is 0 Å². The molecule has 98 valence electrons. The van der Waals surface area contributed by atoms with Crippen LogP contribution in [0.2, 0.25) is 0 Å². The largest absolute Gasteiger partial charge is 0.357 e. The minimum absolute atomic E-state index is 0.737. The molecule has 17 heavy (non-hydrogen) atoms. The van der Waals surface area contributed by atoms with E-state index in [1.54, 1.807) is 0 Å². The highest BCUT2D eigenvalue weighted by Crippen LogP contribution is 2.11. The number of rotatable bonds is 10. The summed E-state index contributed by atoms with van der Waals surface area (Å²) in [6.07, 6.45) is 10.9. The number of nitrogens with two attached hydrogens (primary N) is 1. The number of allylic oxidation sites excluding steroid dienone is 1. The Morgan fingerprint density at radius 2 is 2.00 bits per heavy atom. The van der Waals surface area contributed by atoms with Crippen molar-refractivity contribution in [3.63, 3.8) is 0 Å². The lowest BCUT2D eigenvalue weighted by atomic mass is 10.1. The van der Waals surface area contributed by atoms with Gasteiger partial charge in [0.2, 0.25) is 0 Å². The van der Waals surface area contributed by atoms with Crippen molar-refractivity contribution in [1.82, 2.24) is 4.90 Å². The number of unbranched alkanes of at least 4 members (excludes halogenated alkanes) is 5. The van der Waals surface area contributed by atoms with Crippen LogP contribution in [0.25, 0.3) is 0 Å². The second kappa shape index (κ2) is 9.23. The van der Waals surface area contributed by atoms with Gasteiger partial charge in [-0.05, 0) is 19.3 Å². The predicted octanol–water partition coefficient (Wildman–Crippen LogP) is 2.58. The van der Waals surface area contributed by atoms with Crippen LogP contribution < -0.4 is 5.73 Å². The molecule has 3 heteroatoms. The average molecular weight is 237 g/mol. The summed E-state index contributed by atoms with van der Waals surface area (Å²) in [5, 5.41) is 0. The summed E-state index contributed by atoms with van der Waals surface area (Å²) in [6, 6.07) is 0. The quantitative estimate of drug-likeness (QED) is 0.469. The van der Waals surface area contributed by atoms with E-state index in [4.69, 9.17) is 5.73 Å². The molecule has 1 aliphatic rings. The molecule has 0 atom stereocenters. The predicted molar refractivity (Wildman–Crippen MR) is 75.4 cm³/mol. The first-order valence-corrected chi connectivity index (χ1v) is 6.97. The maximum Gasteiger partial charge on any atom is 0.0990 e. The summed E-state index contributed by atoms with van der Waals surface area (Å²) >= 11 is 0. The highest BCUT2D eigenvalue weighted by molar-refractivity contribution is 5.83. The number of hydrogen-bond donors (Lipinski definition) is 1. The maximum absolute atomic E-state index is 5.59. The zero-order chi connectivity index (χ0) is 12.3. The summed E-state index contributed by atoms with van der Waals surface area (Å²) in [7, 11) is 0. The Bertz CT molecular complexity index is 236. The van der Waals surface area contributed by atoms with Crippen LogP contribution in [0, 0.1) is 0 Å². The number of nitrogens with zero attached hydrogens (tertiary/aromatic N) is 2. The summed E-state index contributed by atoms with van der Waals surface area (Å²) in [4.78, 5) is 6.90. The monoisotopic (exact) mass is 237 g/mol. The molecule has 0 saturated carbocycles. The van der Waals surface area contributed by atoms with Crippen LogP contribution in [-0.2, 0) is 0 Å². The topological polar surface area (TPSA) is 41.6 Å². The van der Waals surface area contributed by atoms with E-state index in [2.05, 4.69) is 16.5 Å². The number of aliphatic imine (C=N–C) groups is 1. The lowest BCUT2D eigenvalue weighted by Crippen LogP contribution is -2.32. The Labute approximate surface area is 106 Å². The lowest BCUT2D eigenvalue weighted by Gasteiger charge is -2.19. The third kappa shape index (κ3) is 5.87. The highest BCUT2D eigenvalue weighted by Gasteiger charge is 2.14. The molecule has 0 fully saturated rings. The first-order chi connectivity index (χ1) is 8.38. The van der Waals surface area contributed by atoms with Crippen molar-refractivity contribution in [2.75, 3.05) is 26.2 Å². The summed E-state index contributed by atoms with van der Waals surface area (Å²) in [5.41, 5.74) is 5.59. The van der Waals surface area contributed by atoms with Crippen molar-refractivity contribution in [2.24, 2.45) is 10.7 Å². The van der Waals surface area contributed by atoms with Gasteiger partial charge in [0, 0.05) is 26.1 Å². The molecular formula is C14H27N3. The molecule has 0 unspecified atom stereocenters. The van der Waals surface area contributed by atoms with E-state index in [1.807, 2.05) is 6.08 Å². The van der Waals surface area contributed by atoms with Gasteiger partial charge >= 0.3 is 0 Å². The fraction of sp³-hybridized carbons (Fsp3) is 0.786. The van der Waals surface area contributed by atoms with Crippen LogP contribution in [0.4, 0.5) is 0 Å². The van der Waals surface area contributed by atoms with Crippen LogP contribution in [0.1, 0.15) is 44.9 Å². The van der Waals surface area contributed by atoms with Gasteiger partial charge in [-0.2, -0.15) is 0 Å². The van der Waals surface area contributed by atoms with Gasteiger partial charge in [0.25, 0.3) is 0 Å². The molecular weight excluding hydrogens is 210 g/mol. The Morgan fingerprint density at radius 3 is 2.76 bits per heavy atom. The van der Waals surface area contributed by atoms with E-state index < -0.39 is 0 Å². The zero-order valence-electron chi connectivity index (χ0n) is 11.0. The molecule has 1 aliphatic heterocycles. The van der Waals surface area contributed by atoms with E-state index in [-0.39, 0.29) is 0 Å². The maximum atomic E-state index is 5.59. The lowest BCUT2D eigenvalue weighted by molar-refractivity contribution is 0.456. The van der Waals surface area contributed by atoms with E-state index >= 15 is 0 Å². The van der Waals surface area contributed by atoms with Gasteiger partial charge in [-0.25, -0.2) is 0 Å². The molecule has 0 aliphatic carbocycles. The number of hydrogen-bond acceptors (Lipinski definition) is 3. The Kier molecular flexibility index (Phi) is 7.72. The molecule has 0 bridgehead atoms. The molecule has 0 radical (unpaired) electrons. The van der Waals surface area contributed by atoms with Crippen LogP contribution in [-0.4, -0.2) is 36.9 Å². The van der Waals surface area contributed by atoms with Crippen LogP contribution in [0.3, 0.4) is 0 Å². The van der Waals surface area contributed by atoms with Gasteiger partial charge in [0.05, 0.1) is 12.4 Å². The molecule has 1 heterocycles. The molecule has 1 rings (SSSR count). The SMILES string of the molecule is C=CCCCCCCCC1=NCCN1CCN. The van der Waals surface area contributed by atoms with Gasteiger partial charge < -0.3 is 10.6 Å². The first kappa shape index (κ1) is 14.2. The Hall–Kier alpha value is -0.830. The third-order valence-corrected chi connectivity index (χ3v) is 3.24. The van der Waals surface area contributed by atoms with E-state index in [1.165, 1.54) is 37.9 Å². The standard InChI is InChI=1S/C14H27N3/c1-2-3-4-5-6-7-8-9-14-16-11-13-17(14)12-10-15/h2H,1,3-13,15H2. The van der Waals surface area contributed by atoms with Gasteiger partial charge in [-0.3, -0.25) is 4.99 Å². The van der Waals surface area contributed by atoms with Crippen molar-refractivity contribution in [1.29, 1.82) is 0 Å². The highest BCUT2D eigenvalue weighted by atomic mass is 15.2. The molecule has 0 spiro atoms. The van der Waals surface area contributed by atoms with Gasteiger partial charge in [0.15, 0.2) is 0 Å². The van der Waals surface area contributed by atoms with Crippen molar-refractivity contribution in [3.05, 3.63) is 12.7 Å². The molecule has 2 N–H and O–H groups in total. The second-order valence-corrected chi connectivity index (χ2v) is 4.67. The normalized spacial score (nSPS) is 15.1. The van der Waals surface area contributed by atoms with Gasteiger partial charge in [-0.1, -0.05) is 25.3 Å². The molecule has 0 aromatic heterocycles. The smallest absolute Gasteiger partial charge is 0.0990 e. The molecule has 0 aromatic carbocycles. The third-order valence-electron chi connectivity index (χ3n) is 3.24. The molecule has 3 nitrogen and oxygen atoms in total. The van der Waals surface area contributed by atoms with E-state index in [9.17, 15) is 0 Å². The molecule has 0 amide bonds. The summed E-state index contributed by atoms with van der Waals surface area (Å²) in [6.45, 7) is 7.49. The molecule has 0 aromatic rings. The average Bonchev–Trinajstić information content (AvgIpc) is 2.76. The fourth-order valence-electron chi connectivity index (χ4n) is 2.26. The van der Waals surface area contributed by atoms with Gasteiger partial charge in [-0.15, -0.1) is 6.58 Å². The van der Waals surface area contributed by atoms with Crippen LogP contribution >= 0.6 is 0 Å². The fourth-order valence-corrected chi connectivity index (χ4v) is 2.26. The Morgan fingerprint density at radius 1 is 1.24 bits per heavy atom. The number of amidine groups is 1. The zero-order valence-corrected chi connectivity index (χ0v) is 11.0. The second-order valence-electron chi connectivity index (χ2n) is 4.67. The van der Waals surface area contributed by atoms with Crippen LogP contribution in [0.15, 0.2) is 17.6 Å². The van der Waals surface area contributed by atoms with E-state index in [0.717, 1.165) is 39.0 Å². The van der Waals surface area contributed by atoms with Crippen molar-refractivity contribution in [2.45, 2.75) is 44.9 Å². The van der Waals surface area contributed by atoms with Crippen molar-refractivity contribution >= 4 is 5.84 Å². The van der Waals surface area contributed by atoms with Crippen LogP contribution in [0.5, 0.6) is 0 Å².